The summed E-state index contributed by atoms with van der Waals surface area (Å²) in [6, 6.07) is 63.9. The predicted octanol–water partition coefficient (Wildman–Crippen LogP) is 13.3. The Hall–Kier alpha value is -7.63. The number of para-hydroxylation sites is 2. The van der Waals surface area contributed by atoms with Crippen molar-refractivity contribution in [1.29, 1.82) is 0 Å². The highest BCUT2D eigenvalue weighted by atomic mass is 16.3. The fourth-order valence-corrected chi connectivity index (χ4v) is 8.61. The molecule has 0 N–H and O–H groups in total. The van der Waals surface area contributed by atoms with Crippen LogP contribution >= 0.6 is 0 Å². The third-order valence-corrected chi connectivity index (χ3v) is 11.2. The second-order valence-corrected chi connectivity index (χ2v) is 14.4. The number of benzene rings is 9. The first kappa shape index (κ1) is 30.8. The number of furan rings is 1. The van der Waals surface area contributed by atoms with Crippen LogP contribution in [0.1, 0.15) is 0 Å². The Morgan fingerprint density at radius 1 is 0.357 bits per heavy atom. The van der Waals surface area contributed by atoms with Crippen LogP contribution in [0.4, 0.5) is 0 Å². The zero-order valence-electron chi connectivity index (χ0n) is 30.0. The van der Waals surface area contributed by atoms with Gasteiger partial charge in [0.15, 0.2) is 17.5 Å². The van der Waals surface area contributed by atoms with Gasteiger partial charge in [-0.3, -0.25) is 0 Å². The SMILES string of the molecule is c1ccc(-c2nc(-c3cc4ccccc4c4ccccc34)nc(-c3cc(-n4c5ccccc5c5cc6ccccc6cc54)cc4c3oc3ccccc34)n2)cc1. The van der Waals surface area contributed by atoms with E-state index in [-0.39, 0.29) is 0 Å². The number of hydrogen-bond acceptors (Lipinski definition) is 4. The van der Waals surface area contributed by atoms with E-state index in [1.54, 1.807) is 0 Å². The molecule has 260 valence electrons. The fourth-order valence-electron chi connectivity index (χ4n) is 8.61. The first-order valence-corrected chi connectivity index (χ1v) is 18.9. The van der Waals surface area contributed by atoms with Crippen LogP contribution in [0.5, 0.6) is 0 Å². The smallest absolute Gasteiger partial charge is 0.167 e. The second kappa shape index (κ2) is 11.9. The molecular formula is C51H30N4O. The molecule has 0 saturated heterocycles. The quantitative estimate of drug-likeness (QED) is 0.170. The van der Waals surface area contributed by atoms with Crippen LogP contribution in [0, 0.1) is 0 Å². The molecule has 0 unspecified atom stereocenters. The number of fused-ring (bicyclic) bond motifs is 10. The number of rotatable bonds is 4. The van der Waals surface area contributed by atoms with Gasteiger partial charge in [-0.2, -0.15) is 0 Å². The summed E-state index contributed by atoms with van der Waals surface area (Å²) < 4.78 is 9.13. The Bertz CT molecular complexity index is 3540. The molecule has 5 nitrogen and oxygen atoms in total. The van der Waals surface area contributed by atoms with Gasteiger partial charge >= 0.3 is 0 Å². The molecule has 56 heavy (non-hydrogen) atoms. The minimum Gasteiger partial charge on any atom is -0.455 e. The third-order valence-electron chi connectivity index (χ3n) is 11.2. The van der Waals surface area contributed by atoms with E-state index in [2.05, 4.69) is 156 Å². The van der Waals surface area contributed by atoms with Crippen molar-refractivity contribution >= 4 is 76.1 Å². The van der Waals surface area contributed by atoms with Crippen LogP contribution in [-0.4, -0.2) is 19.5 Å². The summed E-state index contributed by atoms with van der Waals surface area (Å²) in [4.78, 5) is 15.8. The third kappa shape index (κ3) is 4.64. The largest absolute Gasteiger partial charge is 0.455 e. The minimum absolute atomic E-state index is 0.545. The summed E-state index contributed by atoms with van der Waals surface area (Å²) in [6.07, 6.45) is 0. The molecule has 3 aromatic heterocycles. The van der Waals surface area contributed by atoms with Gasteiger partial charge in [-0.05, 0) is 74.8 Å². The normalized spacial score (nSPS) is 11.9. The van der Waals surface area contributed by atoms with Gasteiger partial charge in [0.1, 0.15) is 11.2 Å². The Morgan fingerprint density at radius 3 is 1.79 bits per heavy atom. The van der Waals surface area contributed by atoms with Crippen molar-refractivity contribution in [2.45, 2.75) is 0 Å². The van der Waals surface area contributed by atoms with Crippen molar-refractivity contribution in [3.63, 3.8) is 0 Å². The van der Waals surface area contributed by atoms with E-state index in [1.807, 2.05) is 30.3 Å². The molecule has 0 bridgehead atoms. The Morgan fingerprint density at radius 2 is 0.964 bits per heavy atom. The van der Waals surface area contributed by atoms with Gasteiger partial charge in [-0.15, -0.1) is 0 Å². The predicted molar refractivity (Wildman–Crippen MR) is 230 cm³/mol. The molecule has 12 aromatic rings. The van der Waals surface area contributed by atoms with Crippen LogP contribution in [0.25, 0.3) is 116 Å². The topological polar surface area (TPSA) is 56.7 Å². The van der Waals surface area contributed by atoms with Gasteiger partial charge in [-0.1, -0.05) is 140 Å². The zero-order chi connectivity index (χ0) is 36.7. The molecule has 0 aliphatic carbocycles. The summed E-state index contributed by atoms with van der Waals surface area (Å²) in [5, 5.41) is 11.4. The first-order valence-electron chi connectivity index (χ1n) is 18.9. The second-order valence-electron chi connectivity index (χ2n) is 14.4. The molecule has 0 aliphatic heterocycles. The van der Waals surface area contributed by atoms with E-state index in [0.717, 1.165) is 71.5 Å². The van der Waals surface area contributed by atoms with Crippen LogP contribution in [0.15, 0.2) is 186 Å². The molecule has 3 heterocycles. The summed E-state index contributed by atoms with van der Waals surface area (Å²) in [5.74, 6) is 1.75. The van der Waals surface area contributed by atoms with Gasteiger partial charge < -0.3 is 8.98 Å². The van der Waals surface area contributed by atoms with Gasteiger partial charge in [0.2, 0.25) is 0 Å². The lowest BCUT2D eigenvalue weighted by atomic mass is 9.97. The number of nitrogens with zero attached hydrogens (tertiary/aromatic N) is 4. The van der Waals surface area contributed by atoms with E-state index in [4.69, 9.17) is 19.4 Å². The van der Waals surface area contributed by atoms with E-state index in [9.17, 15) is 0 Å². The highest BCUT2D eigenvalue weighted by Crippen LogP contribution is 2.42. The minimum atomic E-state index is 0.545. The molecule has 0 radical (unpaired) electrons. The lowest BCUT2D eigenvalue weighted by Gasteiger charge is -2.14. The number of hydrogen-bond donors (Lipinski definition) is 0. The summed E-state index contributed by atoms with van der Waals surface area (Å²) in [6.45, 7) is 0. The molecule has 9 aromatic carbocycles. The highest BCUT2D eigenvalue weighted by molar-refractivity contribution is 6.16. The molecule has 0 aliphatic rings. The standard InChI is InChI=1S/C51H30N4O/c1-2-14-31(15-3-1)49-52-50(43-27-34-18-6-7-19-36(34)37-20-8-9-21-38(37)43)54-51(53-49)44-30-35(29-42-40-23-11-13-25-47(40)56-48(42)44)55-45-24-12-10-22-39(45)41-26-32-16-4-5-17-33(32)28-46(41)55/h1-30H. The van der Waals surface area contributed by atoms with E-state index >= 15 is 0 Å². The van der Waals surface area contributed by atoms with Gasteiger partial charge in [0.05, 0.1) is 16.6 Å². The fraction of sp³-hybridized carbons (Fsp3) is 0. The Labute approximate surface area is 320 Å². The van der Waals surface area contributed by atoms with Crippen molar-refractivity contribution in [1.82, 2.24) is 19.5 Å². The van der Waals surface area contributed by atoms with Gasteiger partial charge in [0, 0.05) is 38.4 Å². The molecule has 0 amide bonds. The maximum atomic E-state index is 6.75. The van der Waals surface area contributed by atoms with Gasteiger partial charge in [0.25, 0.3) is 0 Å². The van der Waals surface area contributed by atoms with E-state index < -0.39 is 0 Å². The van der Waals surface area contributed by atoms with Crippen LogP contribution in [0.2, 0.25) is 0 Å². The molecule has 0 spiro atoms. The van der Waals surface area contributed by atoms with E-state index in [0.29, 0.717) is 17.5 Å². The van der Waals surface area contributed by atoms with Crippen LogP contribution in [0.3, 0.4) is 0 Å². The van der Waals surface area contributed by atoms with E-state index in [1.165, 1.54) is 26.9 Å². The molecule has 12 rings (SSSR count). The highest BCUT2D eigenvalue weighted by Gasteiger charge is 2.22. The molecule has 0 saturated carbocycles. The van der Waals surface area contributed by atoms with Crippen molar-refractivity contribution in [2.24, 2.45) is 0 Å². The van der Waals surface area contributed by atoms with Crippen molar-refractivity contribution in [3.05, 3.63) is 182 Å². The maximum Gasteiger partial charge on any atom is 0.167 e. The maximum absolute atomic E-state index is 6.75. The Balaban J connectivity index is 1.20. The van der Waals surface area contributed by atoms with Crippen molar-refractivity contribution in [2.75, 3.05) is 0 Å². The monoisotopic (exact) mass is 714 g/mol. The molecular weight excluding hydrogens is 685 g/mol. The summed E-state index contributed by atoms with van der Waals surface area (Å²) in [7, 11) is 0. The summed E-state index contributed by atoms with van der Waals surface area (Å²) in [5.41, 5.74) is 7.46. The molecule has 0 fully saturated rings. The first-order chi connectivity index (χ1) is 27.7. The molecule has 5 heteroatoms. The van der Waals surface area contributed by atoms with Crippen LogP contribution in [-0.2, 0) is 0 Å². The van der Waals surface area contributed by atoms with Crippen molar-refractivity contribution in [3.8, 4) is 39.9 Å². The van der Waals surface area contributed by atoms with Gasteiger partial charge in [-0.25, -0.2) is 15.0 Å². The average Bonchev–Trinajstić information content (AvgIpc) is 3.80. The zero-order valence-corrected chi connectivity index (χ0v) is 30.0. The van der Waals surface area contributed by atoms with Crippen molar-refractivity contribution < 1.29 is 4.42 Å². The Kier molecular flexibility index (Phi) is 6.56. The lowest BCUT2D eigenvalue weighted by Crippen LogP contribution is -2.02. The number of aromatic nitrogens is 4. The van der Waals surface area contributed by atoms with Crippen LogP contribution < -0.4 is 0 Å². The summed E-state index contributed by atoms with van der Waals surface area (Å²) >= 11 is 0. The molecule has 0 atom stereocenters. The average molecular weight is 715 g/mol. The lowest BCUT2D eigenvalue weighted by molar-refractivity contribution is 0.669.